The molecule has 0 radical (unpaired) electrons. The molecule has 6 aromatic rings. The van der Waals surface area contributed by atoms with Crippen LogP contribution in [0.15, 0.2) is 115 Å². The number of aromatic nitrogens is 2. The summed E-state index contributed by atoms with van der Waals surface area (Å²) >= 11 is 0. The first-order valence-corrected chi connectivity index (χ1v) is 12.0. The van der Waals surface area contributed by atoms with Gasteiger partial charge in [0.05, 0.1) is 16.8 Å². The predicted octanol–water partition coefficient (Wildman–Crippen LogP) is 7.09. The van der Waals surface area contributed by atoms with Crippen LogP contribution in [0.4, 0.5) is 0 Å². The molecule has 0 amide bonds. The number of carbonyl (C=O) groups excluding carboxylic acids is 2. The molecule has 0 unspecified atom stereocenters. The molecule has 5 nitrogen and oxygen atoms in total. The molecule has 6 rings (SSSR count). The first-order chi connectivity index (χ1) is 18.2. The Bertz CT molecular complexity index is 1750. The number of Topliss-reactive ketones (excluding diaryl/α,β-unsaturated/α-hetero) is 1. The Balaban J connectivity index is 1.29. The van der Waals surface area contributed by atoms with Gasteiger partial charge < -0.3 is 9.72 Å². The molecule has 2 heterocycles. The molecule has 0 spiro atoms. The second kappa shape index (κ2) is 9.55. The summed E-state index contributed by atoms with van der Waals surface area (Å²) in [6.45, 7) is -0.349. The third-order valence-electron chi connectivity index (χ3n) is 6.45. The van der Waals surface area contributed by atoms with Gasteiger partial charge >= 0.3 is 5.97 Å². The molecule has 0 atom stereocenters. The van der Waals surface area contributed by atoms with E-state index in [4.69, 9.17) is 9.72 Å². The van der Waals surface area contributed by atoms with Crippen LogP contribution in [0, 0.1) is 0 Å². The fraction of sp³-hybridized carbons (Fsp3) is 0.0312. The lowest BCUT2D eigenvalue weighted by Crippen LogP contribution is -2.14. The number of carbonyl (C=O) groups is 2. The van der Waals surface area contributed by atoms with Crippen LogP contribution < -0.4 is 0 Å². The van der Waals surface area contributed by atoms with E-state index in [9.17, 15) is 9.59 Å². The smallest absolute Gasteiger partial charge is 0.339 e. The van der Waals surface area contributed by atoms with Gasteiger partial charge in [-0.25, -0.2) is 9.78 Å². The minimum absolute atomic E-state index is 0.263. The normalized spacial score (nSPS) is 11.0. The van der Waals surface area contributed by atoms with E-state index < -0.39 is 5.97 Å². The Kier molecular flexibility index (Phi) is 5.79. The summed E-state index contributed by atoms with van der Waals surface area (Å²) in [4.78, 5) is 33.9. The number of esters is 1. The van der Waals surface area contributed by atoms with Crippen molar-refractivity contribution in [2.24, 2.45) is 0 Å². The SMILES string of the molecule is O=C(OCC(=O)c1c[nH]c2ccccc12)c1cc(-c2ccc(-c3ccccc3)cc2)nc2ccccc12. The molecule has 4 aromatic carbocycles. The van der Waals surface area contributed by atoms with E-state index in [1.807, 2.05) is 91.0 Å². The first-order valence-electron chi connectivity index (χ1n) is 12.0. The Morgan fingerprint density at radius 2 is 1.32 bits per heavy atom. The number of fused-ring (bicyclic) bond motifs is 2. The van der Waals surface area contributed by atoms with Gasteiger partial charge in [-0.05, 0) is 29.3 Å². The summed E-state index contributed by atoms with van der Waals surface area (Å²) < 4.78 is 5.51. The highest BCUT2D eigenvalue weighted by molar-refractivity contribution is 6.10. The van der Waals surface area contributed by atoms with Crippen LogP contribution in [0.5, 0.6) is 0 Å². The Labute approximate surface area is 213 Å². The van der Waals surface area contributed by atoms with Gasteiger partial charge in [-0.3, -0.25) is 4.79 Å². The van der Waals surface area contributed by atoms with Crippen LogP contribution in [0.1, 0.15) is 20.7 Å². The molecule has 37 heavy (non-hydrogen) atoms. The number of nitrogens with zero attached hydrogens (tertiary/aromatic N) is 1. The maximum Gasteiger partial charge on any atom is 0.339 e. The zero-order valence-electron chi connectivity index (χ0n) is 19.8. The summed E-state index contributed by atoms with van der Waals surface area (Å²) in [5.74, 6) is -0.824. The molecule has 0 aliphatic carbocycles. The van der Waals surface area contributed by atoms with Gasteiger partial charge in [0.15, 0.2) is 6.61 Å². The highest BCUT2D eigenvalue weighted by atomic mass is 16.5. The summed E-state index contributed by atoms with van der Waals surface area (Å²) in [7, 11) is 0. The zero-order chi connectivity index (χ0) is 25.2. The number of hydrogen-bond acceptors (Lipinski definition) is 4. The fourth-order valence-corrected chi connectivity index (χ4v) is 4.55. The summed E-state index contributed by atoms with van der Waals surface area (Å²) in [6.07, 6.45) is 1.65. The number of ketones is 1. The van der Waals surface area contributed by atoms with Crippen molar-refractivity contribution in [1.29, 1.82) is 0 Å². The van der Waals surface area contributed by atoms with Gasteiger partial charge in [0.1, 0.15) is 0 Å². The summed E-state index contributed by atoms with van der Waals surface area (Å²) in [5.41, 5.74) is 6.19. The molecule has 1 N–H and O–H groups in total. The summed E-state index contributed by atoms with van der Waals surface area (Å²) in [6, 6.07) is 34.9. The Hall–Kier alpha value is -5.03. The van der Waals surface area contributed by atoms with E-state index in [-0.39, 0.29) is 12.4 Å². The van der Waals surface area contributed by atoms with Crippen LogP contribution in [0.25, 0.3) is 44.2 Å². The standard InChI is InChI=1S/C32H22N2O3/c35-31(27-19-33-28-12-6-4-11-25(27)28)20-37-32(36)26-18-30(34-29-13-7-5-10-24(26)29)23-16-14-22(15-17-23)21-8-2-1-3-9-21/h1-19,33H,20H2. The van der Waals surface area contributed by atoms with E-state index in [1.165, 1.54) is 0 Å². The highest BCUT2D eigenvalue weighted by Gasteiger charge is 2.18. The molecular weight excluding hydrogens is 460 g/mol. The lowest BCUT2D eigenvalue weighted by molar-refractivity contribution is 0.0477. The van der Waals surface area contributed by atoms with Gasteiger partial charge in [-0.15, -0.1) is 0 Å². The van der Waals surface area contributed by atoms with E-state index in [2.05, 4.69) is 17.1 Å². The number of H-pyrrole nitrogens is 1. The number of hydrogen-bond donors (Lipinski definition) is 1. The maximum absolute atomic E-state index is 13.2. The minimum Gasteiger partial charge on any atom is -0.454 e. The number of rotatable bonds is 6. The summed E-state index contributed by atoms with van der Waals surface area (Å²) in [5, 5.41) is 1.48. The van der Waals surface area contributed by atoms with Gasteiger partial charge in [0.25, 0.3) is 0 Å². The number of benzene rings is 4. The van der Waals surface area contributed by atoms with Crippen molar-refractivity contribution >= 4 is 33.6 Å². The van der Waals surface area contributed by atoms with Crippen molar-refractivity contribution in [3.05, 3.63) is 127 Å². The molecule has 0 saturated heterocycles. The molecule has 0 bridgehead atoms. The van der Waals surface area contributed by atoms with Crippen molar-refractivity contribution < 1.29 is 14.3 Å². The lowest BCUT2D eigenvalue weighted by Gasteiger charge is -2.10. The third-order valence-corrected chi connectivity index (χ3v) is 6.45. The highest BCUT2D eigenvalue weighted by Crippen LogP contribution is 2.28. The molecule has 5 heteroatoms. The lowest BCUT2D eigenvalue weighted by atomic mass is 10.0. The quantitative estimate of drug-likeness (QED) is 0.203. The molecule has 0 aliphatic rings. The van der Waals surface area contributed by atoms with Crippen molar-refractivity contribution in [1.82, 2.24) is 9.97 Å². The number of nitrogens with one attached hydrogen (secondary N) is 1. The van der Waals surface area contributed by atoms with Crippen LogP contribution in [0.2, 0.25) is 0 Å². The van der Waals surface area contributed by atoms with Gasteiger partial charge in [-0.2, -0.15) is 0 Å². The van der Waals surface area contributed by atoms with Crippen molar-refractivity contribution in [3.8, 4) is 22.4 Å². The van der Waals surface area contributed by atoms with E-state index in [1.54, 1.807) is 12.3 Å². The number of pyridine rings is 1. The number of para-hydroxylation sites is 2. The fourth-order valence-electron chi connectivity index (χ4n) is 4.55. The minimum atomic E-state index is -0.561. The second-order valence-corrected chi connectivity index (χ2v) is 8.76. The van der Waals surface area contributed by atoms with E-state index >= 15 is 0 Å². The average Bonchev–Trinajstić information content (AvgIpc) is 3.40. The monoisotopic (exact) mass is 482 g/mol. The van der Waals surface area contributed by atoms with Crippen LogP contribution >= 0.6 is 0 Å². The molecule has 178 valence electrons. The molecule has 0 fully saturated rings. The van der Waals surface area contributed by atoms with Crippen molar-refractivity contribution in [2.75, 3.05) is 6.61 Å². The Morgan fingerprint density at radius 3 is 2.14 bits per heavy atom. The van der Waals surface area contributed by atoms with Gasteiger partial charge in [0.2, 0.25) is 5.78 Å². The van der Waals surface area contributed by atoms with E-state index in [0.717, 1.165) is 27.6 Å². The molecular formula is C32H22N2O3. The van der Waals surface area contributed by atoms with Crippen molar-refractivity contribution in [3.63, 3.8) is 0 Å². The molecule has 0 saturated carbocycles. The van der Waals surface area contributed by atoms with Crippen LogP contribution in [-0.4, -0.2) is 28.3 Å². The third kappa shape index (κ3) is 4.39. The van der Waals surface area contributed by atoms with Crippen molar-refractivity contribution in [2.45, 2.75) is 0 Å². The zero-order valence-corrected chi connectivity index (χ0v) is 19.8. The molecule has 2 aromatic heterocycles. The first kappa shape index (κ1) is 22.4. The Morgan fingerprint density at radius 1 is 0.676 bits per heavy atom. The topological polar surface area (TPSA) is 72.1 Å². The maximum atomic E-state index is 13.2. The van der Waals surface area contributed by atoms with Gasteiger partial charge in [0, 0.05) is 33.6 Å². The van der Waals surface area contributed by atoms with Gasteiger partial charge in [-0.1, -0.05) is 91.0 Å². The average molecular weight is 483 g/mol. The second-order valence-electron chi connectivity index (χ2n) is 8.76. The predicted molar refractivity (Wildman–Crippen MR) is 146 cm³/mol. The number of aromatic amines is 1. The van der Waals surface area contributed by atoms with E-state index in [0.29, 0.717) is 27.7 Å². The van der Waals surface area contributed by atoms with Crippen LogP contribution in [-0.2, 0) is 4.74 Å². The number of ether oxygens (including phenoxy) is 1. The molecule has 0 aliphatic heterocycles. The van der Waals surface area contributed by atoms with Crippen LogP contribution in [0.3, 0.4) is 0 Å². The largest absolute Gasteiger partial charge is 0.454 e.